The van der Waals surface area contributed by atoms with Crippen molar-refractivity contribution >= 4 is 63.6 Å². The third-order valence-electron chi connectivity index (χ3n) is 9.94. The Bertz CT molecular complexity index is 1780. The van der Waals surface area contributed by atoms with Crippen molar-refractivity contribution in [2.75, 3.05) is 80.3 Å². The van der Waals surface area contributed by atoms with E-state index in [1.54, 1.807) is 31.8 Å². The van der Waals surface area contributed by atoms with E-state index >= 15 is 0 Å². The summed E-state index contributed by atoms with van der Waals surface area (Å²) in [7, 11) is 6.04. The highest BCUT2D eigenvalue weighted by Crippen LogP contribution is 2.43. The Morgan fingerprint density at radius 1 is 0.980 bits per heavy atom. The molecule has 3 aliphatic rings. The van der Waals surface area contributed by atoms with E-state index in [0.717, 1.165) is 58.9 Å². The summed E-state index contributed by atoms with van der Waals surface area (Å²) < 4.78 is 8.16. The molecule has 1 aliphatic carbocycles. The van der Waals surface area contributed by atoms with Crippen molar-refractivity contribution in [3.63, 3.8) is 0 Å². The average molecular weight is 681 g/mol. The molecule has 0 radical (unpaired) electrons. The lowest BCUT2D eigenvalue weighted by Crippen LogP contribution is -2.52. The van der Waals surface area contributed by atoms with E-state index in [9.17, 15) is 0 Å². The fourth-order valence-corrected chi connectivity index (χ4v) is 8.04. The van der Waals surface area contributed by atoms with Gasteiger partial charge in [-0.3, -0.25) is 14.9 Å². The monoisotopic (exact) mass is 680 g/mol. The zero-order valence-electron chi connectivity index (χ0n) is 29.2. The van der Waals surface area contributed by atoms with Crippen molar-refractivity contribution in [2.45, 2.75) is 50.3 Å². The summed E-state index contributed by atoms with van der Waals surface area (Å²) in [6.07, 6.45) is 12.8. The quantitative estimate of drug-likeness (QED) is 0.158. The first-order chi connectivity index (χ1) is 23.9. The van der Waals surface area contributed by atoms with Crippen molar-refractivity contribution in [3.8, 4) is 5.75 Å². The number of hydrogen-bond acceptors (Lipinski definition) is 12. The van der Waals surface area contributed by atoms with E-state index in [0.29, 0.717) is 23.1 Å². The molecule has 2 aromatic heterocycles. The number of ether oxygens (including phenoxy) is 1. The van der Waals surface area contributed by atoms with Crippen LogP contribution in [-0.2, 0) is 6.42 Å². The number of fused-ring (bicyclic) bond motifs is 1. The summed E-state index contributed by atoms with van der Waals surface area (Å²) in [6.45, 7) is 13.0. The number of methoxy groups -OCH3 is 1. The van der Waals surface area contributed by atoms with E-state index in [1.165, 1.54) is 63.1 Å². The van der Waals surface area contributed by atoms with Gasteiger partial charge in [-0.1, -0.05) is 19.6 Å². The third-order valence-corrected chi connectivity index (χ3v) is 11.2. The Hall–Kier alpha value is -4.13. The van der Waals surface area contributed by atoms with Crippen molar-refractivity contribution in [2.24, 2.45) is 0 Å². The number of aromatic nitrogens is 4. The van der Waals surface area contributed by atoms with Crippen molar-refractivity contribution in [1.82, 2.24) is 29.7 Å². The van der Waals surface area contributed by atoms with Gasteiger partial charge in [0.2, 0.25) is 5.95 Å². The average Bonchev–Trinajstić information content (AvgIpc) is 3.96. The molecule has 0 amide bonds. The Labute approximate surface area is 294 Å². The van der Waals surface area contributed by atoms with E-state index < -0.39 is 0 Å². The fraction of sp³-hybridized carbons (Fsp3) is 0.459. The Kier molecular flexibility index (Phi) is 10.1. The molecule has 0 bridgehead atoms. The molecule has 7 rings (SSSR count). The molecule has 258 valence electrons. The van der Waals surface area contributed by atoms with Crippen LogP contribution in [0.3, 0.4) is 0 Å². The van der Waals surface area contributed by atoms with E-state index in [2.05, 4.69) is 79.3 Å². The first kappa shape index (κ1) is 33.4. The van der Waals surface area contributed by atoms with Gasteiger partial charge in [-0.05, 0) is 74.9 Å². The van der Waals surface area contributed by atoms with Crippen LogP contribution >= 0.6 is 11.9 Å². The molecule has 2 saturated heterocycles. The summed E-state index contributed by atoms with van der Waals surface area (Å²) in [4.78, 5) is 26.5. The van der Waals surface area contributed by atoms with Crippen LogP contribution in [0.25, 0.3) is 17.1 Å². The van der Waals surface area contributed by atoms with Gasteiger partial charge in [0.15, 0.2) is 0 Å². The van der Waals surface area contributed by atoms with Gasteiger partial charge in [0.25, 0.3) is 0 Å². The molecule has 0 unspecified atom stereocenters. The van der Waals surface area contributed by atoms with E-state index in [1.807, 2.05) is 24.1 Å². The van der Waals surface area contributed by atoms with Crippen LogP contribution in [0.15, 0.2) is 49.4 Å². The highest BCUT2D eigenvalue weighted by Gasteiger charge is 2.29. The van der Waals surface area contributed by atoms with Gasteiger partial charge in [-0.2, -0.15) is 4.98 Å². The molecule has 1 saturated carbocycles. The van der Waals surface area contributed by atoms with Crippen LogP contribution in [0.2, 0.25) is 0 Å². The summed E-state index contributed by atoms with van der Waals surface area (Å²) in [5.41, 5.74) is 7.73. The summed E-state index contributed by atoms with van der Waals surface area (Å²) >= 11 is 1.84. The number of nitrogens with zero attached hydrogens (tertiary/aromatic N) is 8. The molecule has 12 heteroatoms. The van der Waals surface area contributed by atoms with Crippen LogP contribution < -0.4 is 24.6 Å². The Balaban J connectivity index is 1.12. The zero-order chi connectivity index (χ0) is 33.9. The number of piperazine rings is 1. The van der Waals surface area contributed by atoms with Crippen molar-refractivity contribution < 1.29 is 4.74 Å². The number of benzene rings is 2. The summed E-state index contributed by atoms with van der Waals surface area (Å²) in [5, 5.41) is 7.69. The number of nitrogens with one attached hydrogen (secondary N) is 2. The van der Waals surface area contributed by atoms with Crippen LogP contribution in [-0.4, -0.2) is 102 Å². The van der Waals surface area contributed by atoms with Crippen LogP contribution in [0.4, 0.5) is 34.5 Å². The highest BCUT2D eigenvalue weighted by molar-refractivity contribution is 8.01. The maximum Gasteiger partial charge on any atom is 0.229 e. The summed E-state index contributed by atoms with van der Waals surface area (Å²) in [6, 6.07) is 9.09. The highest BCUT2D eigenvalue weighted by atomic mass is 32.2. The van der Waals surface area contributed by atoms with Crippen LogP contribution in [0, 0.1) is 0 Å². The molecule has 0 atom stereocenters. The number of aryl methyl sites for hydroxylation is 1. The van der Waals surface area contributed by atoms with Gasteiger partial charge in [-0.25, -0.2) is 4.98 Å². The standard InChI is InChI=1S/C37H48N10OS/c1-6-25-22-31(33(48-5)23-32(25)47-16-12-27(13-17-47)46-20-18-44(3)19-21-46)42-37-40-24-26(7-2)36(43-37)41-30-11-10-29-34(39-15-14-38-29)35(30)45(4)49-28-8-9-28/h7,10-11,14-15,22-24,27-28H,2,6,8-9,12-13,16-21H2,1,3-5H3,(H2,40,41,42,43). The van der Waals surface area contributed by atoms with Gasteiger partial charge >= 0.3 is 0 Å². The lowest BCUT2D eigenvalue weighted by atomic mass is 9.99. The van der Waals surface area contributed by atoms with E-state index in [-0.39, 0.29) is 0 Å². The van der Waals surface area contributed by atoms with Crippen LogP contribution in [0.1, 0.15) is 43.7 Å². The Morgan fingerprint density at radius 3 is 2.47 bits per heavy atom. The molecule has 11 nitrogen and oxygen atoms in total. The van der Waals surface area contributed by atoms with Crippen molar-refractivity contribution in [3.05, 3.63) is 60.6 Å². The number of likely N-dealkylation sites (N-methyl/N-ethyl adjacent to an activating group) is 1. The Morgan fingerprint density at radius 2 is 1.76 bits per heavy atom. The molecular weight excluding hydrogens is 633 g/mol. The lowest BCUT2D eigenvalue weighted by molar-refractivity contribution is 0.0982. The normalized spacial score (nSPS) is 17.7. The number of hydrogen-bond donors (Lipinski definition) is 2. The van der Waals surface area contributed by atoms with Crippen molar-refractivity contribution in [1.29, 1.82) is 0 Å². The first-order valence-electron chi connectivity index (χ1n) is 17.5. The smallest absolute Gasteiger partial charge is 0.229 e. The maximum absolute atomic E-state index is 5.96. The van der Waals surface area contributed by atoms with Gasteiger partial charge in [0, 0.05) is 93.5 Å². The predicted octanol–water partition coefficient (Wildman–Crippen LogP) is 6.58. The predicted molar refractivity (Wildman–Crippen MR) is 204 cm³/mol. The largest absolute Gasteiger partial charge is 0.494 e. The molecule has 2 N–H and O–H groups in total. The second-order valence-electron chi connectivity index (χ2n) is 13.2. The summed E-state index contributed by atoms with van der Waals surface area (Å²) in [5.74, 6) is 1.89. The number of anilines is 6. The number of rotatable bonds is 12. The fourth-order valence-electron chi connectivity index (χ4n) is 6.96. The first-order valence-corrected chi connectivity index (χ1v) is 18.3. The molecule has 4 aromatic rings. The second-order valence-corrected chi connectivity index (χ2v) is 14.7. The zero-order valence-corrected chi connectivity index (χ0v) is 30.0. The topological polar surface area (TPSA) is 97.8 Å². The SMILES string of the molecule is C=Cc1cnc(Nc2cc(CC)c(N3CCC(N4CCN(C)CC4)CC3)cc2OC)nc1Nc1ccc2nccnc2c1N(C)SC1CC1. The second kappa shape index (κ2) is 14.8. The minimum atomic E-state index is 0.469. The molecule has 2 aliphatic heterocycles. The maximum atomic E-state index is 5.96. The molecule has 3 fully saturated rings. The minimum Gasteiger partial charge on any atom is -0.494 e. The third kappa shape index (κ3) is 7.41. The molecular formula is C37H48N10OS. The van der Waals surface area contributed by atoms with Crippen LogP contribution in [0.5, 0.6) is 5.75 Å². The minimum absolute atomic E-state index is 0.469. The van der Waals surface area contributed by atoms with Gasteiger partial charge in [0.05, 0.1) is 29.7 Å². The lowest BCUT2D eigenvalue weighted by Gasteiger charge is -2.43. The number of piperidine rings is 1. The van der Waals surface area contributed by atoms with Gasteiger partial charge < -0.3 is 29.5 Å². The molecule has 49 heavy (non-hydrogen) atoms. The molecule has 0 spiro atoms. The molecule has 4 heterocycles. The van der Waals surface area contributed by atoms with E-state index in [4.69, 9.17) is 14.7 Å². The van der Waals surface area contributed by atoms with Gasteiger partial charge in [-0.15, -0.1) is 0 Å². The molecule has 2 aromatic carbocycles. The van der Waals surface area contributed by atoms with Gasteiger partial charge in [0.1, 0.15) is 17.1 Å².